The Morgan fingerprint density at radius 1 is 1.04 bits per heavy atom. The van der Waals surface area contributed by atoms with E-state index in [2.05, 4.69) is 20.2 Å². The number of fused-ring (bicyclic) bond motifs is 1. The molecule has 0 fully saturated rings. The number of aromatic amines is 1. The fraction of sp³-hybridized carbons (Fsp3) is 0.353. The van der Waals surface area contributed by atoms with Crippen molar-refractivity contribution in [3.05, 3.63) is 47.4 Å². The molecule has 1 aromatic carbocycles. The maximum absolute atomic E-state index is 5.72. The van der Waals surface area contributed by atoms with Gasteiger partial charge < -0.3 is 9.47 Å². The Morgan fingerprint density at radius 3 is 2.48 bits per heavy atom. The minimum atomic E-state index is 0.397. The predicted octanol–water partition coefficient (Wildman–Crippen LogP) is 3.41. The Hall–Kier alpha value is -2.47. The lowest BCUT2D eigenvalue weighted by molar-refractivity contribution is 0.105. The van der Waals surface area contributed by atoms with Crippen LogP contribution in [0.5, 0.6) is 5.88 Å². The summed E-state index contributed by atoms with van der Waals surface area (Å²) in [6.07, 6.45) is 0. The number of aryl methyl sites for hydroxylation is 1. The minimum Gasteiger partial charge on any atom is -0.480 e. The monoisotopic (exact) mass is 314 g/mol. The SMILES string of the molecule is CC.COc1nc(C)nc2n[nH]c(COCc3ccccc3)c12. The topological polar surface area (TPSA) is 72.9 Å². The molecular formula is C17H22N4O2. The molecule has 0 saturated carbocycles. The minimum absolute atomic E-state index is 0.397. The molecule has 2 heterocycles. The molecule has 0 aliphatic carbocycles. The highest BCUT2D eigenvalue weighted by molar-refractivity contribution is 5.83. The Balaban J connectivity index is 0.000000924. The average Bonchev–Trinajstić information content (AvgIpc) is 3.00. The molecular weight excluding hydrogens is 292 g/mol. The average molecular weight is 314 g/mol. The third-order valence-electron chi connectivity index (χ3n) is 3.12. The van der Waals surface area contributed by atoms with E-state index in [1.165, 1.54) is 0 Å². The summed E-state index contributed by atoms with van der Waals surface area (Å²) in [5.74, 6) is 1.15. The number of ether oxygens (including phenoxy) is 2. The van der Waals surface area contributed by atoms with E-state index in [4.69, 9.17) is 9.47 Å². The number of nitrogens with one attached hydrogen (secondary N) is 1. The number of hydrogen-bond donors (Lipinski definition) is 1. The zero-order valence-electron chi connectivity index (χ0n) is 14.0. The van der Waals surface area contributed by atoms with Gasteiger partial charge in [-0.25, -0.2) is 4.98 Å². The van der Waals surface area contributed by atoms with Gasteiger partial charge in [-0.1, -0.05) is 44.2 Å². The highest BCUT2D eigenvalue weighted by Crippen LogP contribution is 2.24. The highest BCUT2D eigenvalue weighted by atomic mass is 16.5. The number of rotatable bonds is 5. The first kappa shape index (κ1) is 16.9. The van der Waals surface area contributed by atoms with Crippen molar-refractivity contribution in [3.8, 4) is 5.88 Å². The lowest BCUT2D eigenvalue weighted by atomic mass is 10.2. The van der Waals surface area contributed by atoms with Gasteiger partial charge in [0.2, 0.25) is 5.88 Å². The van der Waals surface area contributed by atoms with Gasteiger partial charge in [-0.05, 0) is 12.5 Å². The summed E-state index contributed by atoms with van der Waals surface area (Å²) in [6, 6.07) is 10.0. The van der Waals surface area contributed by atoms with Crippen molar-refractivity contribution < 1.29 is 9.47 Å². The maximum Gasteiger partial charge on any atom is 0.228 e. The van der Waals surface area contributed by atoms with Crippen molar-refractivity contribution in [2.45, 2.75) is 34.0 Å². The van der Waals surface area contributed by atoms with Crippen molar-refractivity contribution in [3.63, 3.8) is 0 Å². The second kappa shape index (κ2) is 8.24. The summed E-state index contributed by atoms with van der Waals surface area (Å²) >= 11 is 0. The zero-order chi connectivity index (χ0) is 16.7. The van der Waals surface area contributed by atoms with Crippen LogP contribution in [0.3, 0.4) is 0 Å². The van der Waals surface area contributed by atoms with Crippen molar-refractivity contribution in [1.82, 2.24) is 20.2 Å². The van der Waals surface area contributed by atoms with Crippen LogP contribution < -0.4 is 4.74 Å². The molecule has 2 aromatic heterocycles. The van der Waals surface area contributed by atoms with Gasteiger partial charge in [-0.3, -0.25) is 5.10 Å². The molecule has 0 saturated heterocycles. The van der Waals surface area contributed by atoms with Crippen molar-refractivity contribution in [1.29, 1.82) is 0 Å². The van der Waals surface area contributed by atoms with Crippen LogP contribution in [0, 0.1) is 6.92 Å². The van der Waals surface area contributed by atoms with Gasteiger partial charge in [0, 0.05) is 0 Å². The molecule has 6 nitrogen and oxygen atoms in total. The van der Waals surface area contributed by atoms with E-state index >= 15 is 0 Å². The van der Waals surface area contributed by atoms with Crippen LogP contribution in [0.4, 0.5) is 0 Å². The van der Waals surface area contributed by atoms with Crippen LogP contribution in [0.2, 0.25) is 0 Å². The van der Waals surface area contributed by atoms with Gasteiger partial charge >= 0.3 is 0 Å². The van der Waals surface area contributed by atoms with Gasteiger partial charge in [0.25, 0.3) is 0 Å². The largest absolute Gasteiger partial charge is 0.480 e. The van der Waals surface area contributed by atoms with Crippen LogP contribution >= 0.6 is 0 Å². The van der Waals surface area contributed by atoms with E-state index in [9.17, 15) is 0 Å². The number of methoxy groups -OCH3 is 1. The Labute approximate surface area is 135 Å². The number of aromatic nitrogens is 4. The highest BCUT2D eigenvalue weighted by Gasteiger charge is 2.14. The molecule has 0 atom stereocenters. The van der Waals surface area contributed by atoms with Gasteiger partial charge in [-0.2, -0.15) is 10.1 Å². The smallest absolute Gasteiger partial charge is 0.228 e. The summed E-state index contributed by atoms with van der Waals surface area (Å²) in [5, 5.41) is 7.90. The first-order chi connectivity index (χ1) is 11.3. The number of H-pyrrole nitrogens is 1. The van der Waals surface area contributed by atoms with E-state index in [0.717, 1.165) is 16.6 Å². The molecule has 3 rings (SSSR count). The van der Waals surface area contributed by atoms with Gasteiger partial charge in [0.1, 0.15) is 11.2 Å². The van der Waals surface area contributed by atoms with Crippen LogP contribution in [0.15, 0.2) is 30.3 Å². The molecule has 0 spiro atoms. The maximum atomic E-state index is 5.72. The molecule has 1 N–H and O–H groups in total. The Kier molecular flexibility index (Phi) is 6.05. The Bertz CT molecular complexity index is 741. The number of hydrogen-bond acceptors (Lipinski definition) is 5. The van der Waals surface area contributed by atoms with E-state index in [1.54, 1.807) is 7.11 Å². The summed E-state index contributed by atoms with van der Waals surface area (Å²) in [7, 11) is 1.59. The standard InChI is InChI=1S/C15H16N4O2.C2H6/c1-10-16-14-13(15(17-10)20-2)12(18-19-14)9-21-8-11-6-4-3-5-7-11;1-2/h3-7H,8-9H2,1-2H3,(H,16,17,18,19);1-2H3. The molecule has 0 unspecified atom stereocenters. The van der Waals surface area contributed by atoms with Crippen molar-refractivity contribution >= 4 is 11.0 Å². The molecule has 0 aliphatic rings. The quantitative estimate of drug-likeness (QED) is 0.781. The molecule has 0 bridgehead atoms. The molecule has 23 heavy (non-hydrogen) atoms. The Morgan fingerprint density at radius 2 is 1.78 bits per heavy atom. The van der Waals surface area contributed by atoms with Gasteiger partial charge in [0.15, 0.2) is 5.65 Å². The van der Waals surface area contributed by atoms with Gasteiger partial charge in [0.05, 0.1) is 26.0 Å². The summed E-state index contributed by atoms with van der Waals surface area (Å²) in [4.78, 5) is 8.55. The second-order valence-electron chi connectivity index (χ2n) is 4.66. The lowest BCUT2D eigenvalue weighted by Gasteiger charge is -2.05. The van der Waals surface area contributed by atoms with E-state index in [0.29, 0.717) is 30.6 Å². The first-order valence-electron chi connectivity index (χ1n) is 7.65. The van der Waals surface area contributed by atoms with Crippen LogP contribution in [-0.2, 0) is 18.0 Å². The van der Waals surface area contributed by atoms with Crippen LogP contribution in [0.25, 0.3) is 11.0 Å². The summed E-state index contributed by atoms with van der Waals surface area (Å²) < 4.78 is 11.0. The molecule has 3 aromatic rings. The summed E-state index contributed by atoms with van der Waals surface area (Å²) in [6.45, 7) is 6.74. The lowest BCUT2D eigenvalue weighted by Crippen LogP contribution is -1.98. The van der Waals surface area contributed by atoms with Gasteiger partial charge in [-0.15, -0.1) is 0 Å². The van der Waals surface area contributed by atoms with Crippen LogP contribution in [-0.4, -0.2) is 27.3 Å². The predicted molar refractivity (Wildman–Crippen MR) is 89.3 cm³/mol. The first-order valence-corrected chi connectivity index (χ1v) is 7.65. The second-order valence-corrected chi connectivity index (χ2v) is 4.66. The van der Waals surface area contributed by atoms with E-state index < -0.39 is 0 Å². The van der Waals surface area contributed by atoms with E-state index in [-0.39, 0.29) is 0 Å². The summed E-state index contributed by atoms with van der Waals surface area (Å²) in [5.41, 5.74) is 2.54. The normalized spacial score (nSPS) is 10.3. The van der Waals surface area contributed by atoms with E-state index in [1.807, 2.05) is 51.1 Å². The van der Waals surface area contributed by atoms with Crippen molar-refractivity contribution in [2.24, 2.45) is 0 Å². The fourth-order valence-corrected chi connectivity index (χ4v) is 2.15. The number of nitrogens with zero attached hydrogens (tertiary/aromatic N) is 3. The molecule has 0 radical (unpaired) electrons. The third-order valence-corrected chi connectivity index (χ3v) is 3.12. The van der Waals surface area contributed by atoms with Crippen molar-refractivity contribution in [2.75, 3.05) is 7.11 Å². The molecule has 0 aliphatic heterocycles. The third kappa shape index (κ3) is 4.04. The number of benzene rings is 1. The fourth-order valence-electron chi connectivity index (χ4n) is 2.15. The van der Waals surface area contributed by atoms with Crippen LogP contribution in [0.1, 0.15) is 30.9 Å². The zero-order valence-corrected chi connectivity index (χ0v) is 14.0. The molecule has 0 amide bonds. The molecule has 122 valence electrons. The molecule has 6 heteroatoms.